The van der Waals surface area contributed by atoms with Crippen molar-refractivity contribution in [3.8, 4) is 23.0 Å². The number of methoxy groups -OCH3 is 1. The van der Waals surface area contributed by atoms with Gasteiger partial charge in [-0.05, 0) is 25.0 Å². The predicted octanol–water partition coefficient (Wildman–Crippen LogP) is 3.07. The van der Waals surface area contributed by atoms with Crippen molar-refractivity contribution in [1.82, 2.24) is 10.1 Å². The van der Waals surface area contributed by atoms with E-state index >= 15 is 0 Å². The van der Waals surface area contributed by atoms with E-state index < -0.39 is 12.2 Å². The highest BCUT2D eigenvalue weighted by atomic mass is 19.3. The van der Waals surface area contributed by atoms with Gasteiger partial charge in [0, 0.05) is 0 Å². The Morgan fingerprint density at radius 1 is 1.30 bits per heavy atom. The van der Waals surface area contributed by atoms with Gasteiger partial charge in [0.25, 0.3) is 5.89 Å². The average Bonchev–Trinajstić information content (AvgIpc) is 3.17. The van der Waals surface area contributed by atoms with Crippen LogP contribution in [0.15, 0.2) is 22.7 Å². The number of rotatable bonds is 5. The first kappa shape index (κ1) is 15.7. The van der Waals surface area contributed by atoms with Crippen LogP contribution in [0.2, 0.25) is 0 Å². The summed E-state index contributed by atoms with van der Waals surface area (Å²) in [6, 6.07) is 4.69. The fraction of sp³-hybridized carbons (Fsp3) is 0.467. The smallest absolute Gasteiger partial charge is 0.387 e. The van der Waals surface area contributed by atoms with Crippen molar-refractivity contribution in [2.45, 2.75) is 37.8 Å². The molecule has 6 nitrogen and oxygen atoms in total. The van der Waals surface area contributed by atoms with Crippen LogP contribution in [0.4, 0.5) is 8.78 Å². The van der Waals surface area contributed by atoms with Gasteiger partial charge in [0.05, 0.1) is 18.2 Å². The van der Waals surface area contributed by atoms with E-state index in [0.717, 1.165) is 25.7 Å². The van der Waals surface area contributed by atoms with Crippen LogP contribution in [-0.2, 0) is 5.54 Å². The minimum absolute atomic E-state index is 0.0753. The summed E-state index contributed by atoms with van der Waals surface area (Å²) in [6.07, 6.45) is 3.54. The maximum absolute atomic E-state index is 12.7. The molecule has 0 atom stereocenters. The summed E-state index contributed by atoms with van der Waals surface area (Å²) >= 11 is 0. The van der Waals surface area contributed by atoms with Gasteiger partial charge in [-0.25, -0.2) is 0 Å². The number of ether oxygens (including phenoxy) is 2. The molecule has 0 saturated heterocycles. The van der Waals surface area contributed by atoms with Crippen LogP contribution in [0.1, 0.15) is 31.5 Å². The number of aromatic nitrogens is 2. The van der Waals surface area contributed by atoms with Gasteiger partial charge in [-0.3, -0.25) is 0 Å². The zero-order valence-electron chi connectivity index (χ0n) is 12.6. The van der Waals surface area contributed by atoms with E-state index in [1.54, 1.807) is 12.1 Å². The Bertz CT molecular complexity index is 684. The van der Waals surface area contributed by atoms with E-state index in [9.17, 15) is 8.78 Å². The zero-order valence-corrected chi connectivity index (χ0v) is 12.6. The molecule has 0 bridgehead atoms. The highest BCUT2D eigenvalue weighted by Crippen LogP contribution is 2.40. The van der Waals surface area contributed by atoms with Crippen molar-refractivity contribution in [2.24, 2.45) is 5.73 Å². The molecule has 1 aliphatic rings. The fourth-order valence-electron chi connectivity index (χ4n) is 2.82. The molecule has 2 aromatic rings. The molecule has 8 heteroatoms. The molecule has 1 aromatic carbocycles. The molecule has 1 fully saturated rings. The summed E-state index contributed by atoms with van der Waals surface area (Å²) < 4.78 is 40.2. The Morgan fingerprint density at radius 2 is 2.04 bits per heavy atom. The third kappa shape index (κ3) is 2.98. The summed E-state index contributed by atoms with van der Waals surface area (Å²) in [7, 11) is 1.37. The fourth-order valence-corrected chi connectivity index (χ4v) is 2.82. The van der Waals surface area contributed by atoms with Crippen LogP contribution in [0, 0.1) is 0 Å². The second-order valence-electron chi connectivity index (χ2n) is 5.50. The minimum atomic E-state index is -3.00. The molecule has 1 aliphatic carbocycles. The summed E-state index contributed by atoms with van der Waals surface area (Å²) in [5, 5.41) is 3.93. The number of para-hydroxylation sites is 1. The van der Waals surface area contributed by atoms with E-state index in [0.29, 0.717) is 5.82 Å². The zero-order chi connectivity index (χ0) is 16.4. The molecule has 124 valence electrons. The third-order valence-electron chi connectivity index (χ3n) is 4.00. The lowest BCUT2D eigenvalue weighted by atomic mass is 9.98. The highest BCUT2D eigenvalue weighted by molar-refractivity contribution is 5.67. The largest absolute Gasteiger partial charge is 0.493 e. The third-order valence-corrected chi connectivity index (χ3v) is 4.00. The number of halogens is 2. The maximum atomic E-state index is 12.7. The molecule has 1 saturated carbocycles. The molecule has 0 spiro atoms. The number of benzene rings is 1. The van der Waals surface area contributed by atoms with Crippen LogP contribution >= 0.6 is 0 Å². The molecular weight excluding hydrogens is 308 g/mol. The number of nitrogens with two attached hydrogens (primary N) is 1. The van der Waals surface area contributed by atoms with Crippen LogP contribution < -0.4 is 15.2 Å². The summed E-state index contributed by atoms with van der Waals surface area (Å²) in [5.41, 5.74) is 5.91. The molecule has 0 aliphatic heterocycles. The summed E-state index contributed by atoms with van der Waals surface area (Å²) in [6.45, 7) is -3.00. The van der Waals surface area contributed by atoms with Crippen molar-refractivity contribution >= 4 is 0 Å². The van der Waals surface area contributed by atoms with Gasteiger partial charge in [-0.2, -0.15) is 13.8 Å². The SMILES string of the molecule is COc1cccc(-c2nc(C3(N)CCCC3)no2)c1OC(F)F. The quantitative estimate of drug-likeness (QED) is 0.909. The first-order chi connectivity index (χ1) is 11.0. The van der Waals surface area contributed by atoms with Crippen molar-refractivity contribution in [2.75, 3.05) is 7.11 Å². The number of nitrogens with zero attached hydrogens (tertiary/aromatic N) is 2. The molecule has 0 radical (unpaired) electrons. The van der Waals surface area contributed by atoms with E-state index in [4.69, 9.17) is 15.0 Å². The monoisotopic (exact) mass is 325 g/mol. The van der Waals surface area contributed by atoms with Crippen molar-refractivity contribution in [1.29, 1.82) is 0 Å². The Kier molecular flexibility index (Phi) is 4.16. The molecule has 1 heterocycles. The van der Waals surface area contributed by atoms with Crippen molar-refractivity contribution in [3.05, 3.63) is 24.0 Å². The first-order valence-corrected chi connectivity index (χ1v) is 7.29. The van der Waals surface area contributed by atoms with Gasteiger partial charge in [0.1, 0.15) is 0 Å². The summed E-state index contributed by atoms with van der Waals surface area (Å²) in [4.78, 5) is 4.29. The minimum Gasteiger partial charge on any atom is -0.493 e. The van der Waals surface area contributed by atoms with Gasteiger partial charge in [-0.15, -0.1) is 0 Å². The number of hydrogen-bond acceptors (Lipinski definition) is 6. The van der Waals surface area contributed by atoms with Crippen LogP contribution in [0.5, 0.6) is 11.5 Å². The topological polar surface area (TPSA) is 83.4 Å². The lowest BCUT2D eigenvalue weighted by molar-refractivity contribution is -0.0508. The van der Waals surface area contributed by atoms with Crippen molar-refractivity contribution < 1.29 is 22.8 Å². The maximum Gasteiger partial charge on any atom is 0.387 e. The lowest BCUT2D eigenvalue weighted by Gasteiger charge is -2.17. The molecule has 1 aromatic heterocycles. The molecule has 2 N–H and O–H groups in total. The molecule has 3 rings (SSSR count). The van der Waals surface area contributed by atoms with Gasteiger partial charge < -0.3 is 19.7 Å². The Balaban J connectivity index is 2.00. The molecule has 0 amide bonds. The molecular formula is C15H17F2N3O3. The second kappa shape index (κ2) is 6.11. The van der Waals surface area contributed by atoms with E-state index in [1.165, 1.54) is 13.2 Å². The van der Waals surface area contributed by atoms with Crippen LogP contribution in [0.25, 0.3) is 11.5 Å². The number of hydrogen-bond donors (Lipinski definition) is 1. The predicted molar refractivity (Wildman–Crippen MR) is 77.3 cm³/mol. The second-order valence-corrected chi connectivity index (χ2v) is 5.50. The Labute approximate surface area is 131 Å². The molecule has 23 heavy (non-hydrogen) atoms. The average molecular weight is 325 g/mol. The van der Waals surface area contributed by atoms with Crippen LogP contribution in [-0.4, -0.2) is 23.9 Å². The highest BCUT2D eigenvalue weighted by Gasteiger charge is 2.36. The lowest BCUT2D eigenvalue weighted by Crippen LogP contribution is -2.34. The van der Waals surface area contributed by atoms with Gasteiger partial charge in [0.2, 0.25) is 0 Å². The molecule has 0 unspecified atom stereocenters. The summed E-state index contributed by atoms with van der Waals surface area (Å²) in [5.74, 6) is 0.477. The van der Waals surface area contributed by atoms with Gasteiger partial charge in [-0.1, -0.05) is 24.1 Å². The van der Waals surface area contributed by atoms with E-state index in [2.05, 4.69) is 14.9 Å². The van der Waals surface area contributed by atoms with Crippen molar-refractivity contribution in [3.63, 3.8) is 0 Å². The first-order valence-electron chi connectivity index (χ1n) is 7.29. The number of alkyl halides is 2. The van der Waals surface area contributed by atoms with Crippen LogP contribution in [0.3, 0.4) is 0 Å². The normalized spacial score (nSPS) is 16.7. The van der Waals surface area contributed by atoms with E-state index in [1.807, 2.05) is 0 Å². The Morgan fingerprint density at radius 3 is 2.70 bits per heavy atom. The van der Waals surface area contributed by atoms with E-state index in [-0.39, 0.29) is 23.0 Å². The van der Waals surface area contributed by atoms with Gasteiger partial charge in [0.15, 0.2) is 17.3 Å². The van der Waals surface area contributed by atoms with Gasteiger partial charge >= 0.3 is 6.61 Å². The Hall–Kier alpha value is -2.22. The standard InChI is InChI=1S/C15H17F2N3O3/c1-21-10-6-4-5-9(11(10)22-14(16)17)12-19-13(20-23-12)15(18)7-2-3-8-15/h4-6,14H,2-3,7-8,18H2,1H3.